The zero-order chi connectivity index (χ0) is 19.6. The molecule has 1 saturated heterocycles. The predicted octanol–water partition coefficient (Wildman–Crippen LogP) is 4.21. The van der Waals surface area contributed by atoms with E-state index < -0.39 is 0 Å². The van der Waals surface area contributed by atoms with E-state index in [1.165, 1.54) is 10.5 Å². The Balaban J connectivity index is 0.00000392. The molecule has 1 amide bonds. The second kappa shape index (κ2) is 13.3. The van der Waals surface area contributed by atoms with Gasteiger partial charge in [0.05, 0.1) is 0 Å². The molecule has 7 heteroatoms. The molecular formula is C21H35IN4OS. The number of thioether (sulfide) groups is 1. The molecule has 1 heterocycles. The second-order valence-electron chi connectivity index (χ2n) is 6.98. The molecule has 0 bridgehead atoms. The standard InChI is InChI=1S/C21H34N4OS.HI/c1-5-18(25-15-7-8-20(25)26)13-14-23-21(22-6-2)24(3)16-17-9-11-19(27-4)12-10-17;/h9-12,18H,5-8,13-16H2,1-4H3,(H,22,23);1H. The van der Waals surface area contributed by atoms with Gasteiger partial charge in [0, 0.05) is 50.6 Å². The van der Waals surface area contributed by atoms with Crippen LogP contribution in [0.4, 0.5) is 0 Å². The summed E-state index contributed by atoms with van der Waals surface area (Å²) in [6.45, 7) is 7.57. The number of benzene rings is 1. The van der Waals surface area contributed by atoms with Crippen LogP contribution >= 0.6 is 35.7 Å². The van der Waals surface area contributed by atoms with Crippen LogP contribution in [0.15, 0.2) is 34.2 Å². The Labute approximate surface area is 191 Å². The highest BCUT2D eigenvalue weighted by molar-refractivity contribution is 14.0. The summed E-state index contributed by atoms with van der Waals surface area (Å²) in [4.78, 5) is 22.3. The van der Waals surface area contributed by atoms with Crippen LogP contribution in [0.2, 0.25) is 0 Å². The van der Waals surface area contributed by atoms with Crippen molar-refractivity contribution in [2.75, 3.05) is 32.9 Å². The van der Waals surface area contributed by atoms with Crippen molar-refractivity contribution in [2.24, 2.45) is 4.99 Å². The average Bonchev–Trinajstić information content (AvgIpc) is 3.10. The lowest BCUT2D eigenvalue weighted by atomic mass is 10.1. The topological polar surface area (TPSA) is 47.9 Å². The number of carbonyl (C=O) groups excluding carboxylic acids is 1. The second-order valence-corrected chi connectivity index (χ2v) is 7.86. The molecule has 0 aromatic heterocycles. The van der Waals surface area contributed by atoms with Gasteiger partial charge < -0.3 is 15.1 Å². The number of amides is 1. The number of likely N-dealkylation sites (tertiary alicyclic amines) is 1. The van der Waals surface area contributed by atoms with Crippen molar-refractivity contribution in [3.63, 3.8) is 0 Å². The molecule has 0 saturated carbocycles. The Morgan fingerprint density at radius 3 is 2.57 bits per heavy atom. The van der Waals surface area contributed by atoms with Gasteiger partial charge in [0.15, 0.2) is 5.96 Å². The minimum Gasteiger partial charge on any atom is -0.357 e. The van der Waals surface area contributed by atoms with Crippen molar-refractivity contribution < 1.29 is 4.79 Å². The minimum atomic E-state index is 0. The molecule has 1 aliphatic rings. The van der Waals surface area contributed by atoms with E-state index in [0.29, 0.717) is 18.4 Å². The average molecular weight is 519 g/mol. The fraction of sp³-hybridized carbons (Fsp3) is 0.619. The monoisotopic (exact) mass is 518 g/mol. The van der Waals surface area contributed by atoms with Gasteiger partial charge in [-0.2, -0.15) is 0 Å². The fourth-order valence-corrected chi connectivity index (χ4v) is 3.91. The van der Waals surface area contributed by atoms with Crippen molar-refractivity contribution in [2.45, 2.75) is 57.0 Å². The Kier molecular flexibility index (Phi) is 11.9. The largest absolute Gasteiger partial charge is 0.357 e. The summed E-state index contributed by atoms with van der Waals surface area (Å²) < 4.78 is 0. The van der Waals surface area contributed by atoms with Crippen LogP contribution in [0, 0.1) is 0 Å². The van der Waals surface area contributed by atoms with Crippen LogP contribution in [0.1, 0.15) is 45.1 Å². The first-order chi connectivity index (χ1) is 13.1. The molecule has 1 aromatic carbocycles. The number of halogens is 1. The van der Waals surface area contributed by atoms with Crippen LogP contribution in [0.3, 0.4) is 0 Å². The maximum atomic E-state index is 12.0. The lowest BCUT2D eigenvalue weighted by Gasteiger charge is -2.27. The summed E-state index contributed by atoms with van der Waals surface area (Å²) in [5, 5.41) is 3.39. The van der Waals surface area contributed by atoms with E-state index in [1.54, 1.807) is 11.8 Å². The van der Waals surface area contributed by atoms with Gasteiger partial charge in [-0.3, -0.25) is 9.79 Å². The molecule has 1 unspecified atom stereocenters. The zero-order valence-electron chi connectivity index (χ0n) is 17.6. The van der Waals surface area contributed by atoms with Crippen molar-refractivity contribution in [3.05, 3.63) is 29.8 Å². The predicted molar refractivity (Wildman–Crippen MR) is 131 cm³/mol. The number of rotatable bonds is 9. The third kappa shape index (κ3) is 7.46. The molecule has 28 heavy (non-hydrogen) atoms. The molecule has 0 aliphatic carbocycles. The van der Waals surface area contributed by atoms with E-state index >= 15 is 0 Å². The Morgan fingerprint density at radius 1 is 1.32 bits per heavy atom. The first-order valence-corrected chi connectivity index (χ1v) is 11.2. The van der Waals surface area contributed by atoms with Gasteiger partial charge in [-0.15, -0.1) is 35.7 Å². The fourth-order valence-electron chi connectivity index (χ4n) is 3.50. The molecule has 1 aliphatic heterocycles. The molecule has 1 N–H and O–H groups in total. The number of hydrogen-bond donors (Lipinski definition) is 1. The molecule has 0 radical (unpaired) electrons. The SMILES string of the molecule is CCNC(=NCCC(CC)N1CCCC1=O)N(C)Cc1ccc(SC)cc1.I. The van der Waals surface area contributed by atoms with E-state index in [2.05, 4.69) is 66.5 Å². The summed E-state index contributed by atoms with van der Waals surface area (Å²) in [6, 6.07) is 9.00. The number of guanidine groups is 1. The van der Waals surface area contributed by atoms with Crippen LogP contribution in [0.25, 0.3) is 0 Å². The highest BCUT2D eigenvalue weighted by Crippen LogP contribution is 2.18. The maximum Gasteiger partial charge on any atom is 0.222 e. The van der Waals surface area contributed by atoms with Gasteiger partial charge in [-0.05, 0) is 50.1 Å². The summed E-state index contributed by atoms with van der Waals surface area (Å²) >= 11 is 1.76. The van der Waals surface area contributed by atoms with Crippen LogP contribution in [-0.2, 0) is 11.3 Å². The number of nitrogens with one attached hydrogen (secondary N) is 1. The smallest absolute Gasteiger partial charge is 0.222 e. The molecule has 0 spiro atoms. The third-order valence-corrected chi connectivity index (χ3v) is 5.76. The van der Waals surface area contributed by atoms with Crippen molar-refractivity contribution in [1.29, 1.82) is 0 Å². The van der Waals surface area contributed by atoms with Crippen molar-refractivity contribution in [1.82, 2.24) is 15.1 Å². The lowest BCUT2D eigenvalue weighted by Crippen LogP contribution is -2.39. The summed E-state index contributed by atoms with van der Waals surface area (Å²) in [5.74, 6) is 1.23. The highest BCUT2D eigenvalue weighted by Gasteiger charge is 2.26. The Morgan fingerprint density at radius 2 is 2.04 bits per heavy atom. The Hall–Kier alpha value is -0.960. The van der Waals surface area contributed by atoms with Gasteiger partial charge >= 0.3 is 0 Å². The van der Waals surface area contributed by atoms with Crippen LogP contribution in [-0.4, -0.2) is 60.6 Å². The van der Waals surface area contributed by atoms with Crippen molar-refractivity contribution >= 4 is 47.6 Å². The molecular weight excluding hydrogens is 483 g/mol. The Bertz CT molecular complexity index is 623. The molecule has 158 valence electrons. The molecule has 1 atom stereocenters. The first kappa shape index (κ1) is 25.1. The number of carbonyl (C=O) groups is 1. The number of nitrogens with zero attached hydrogens (tertiary/aromatic N) is 3. The quantitative estimate of drug-likeness (QED) is 0.230. The number of aliphatic imine (C=N–C) groups is 1. The van der Waals surface area contributed by atoms with Gasteiger partial charge in [-0.1, -0.05) is 19.1 Å². The van der Waals surface area contributed by atoms with Crippen molar-refractivity contribution in [3.8, 4) is 0 Å². The first-order valence-electron chi connectivity index (χ1n) is 10.0. The van der Waals surface area contributed by atoms with E-state index in [9.17, 15) is 4.79 Å². The molecule has 2 rings (SSSR count). The minimum absolute atomic E-state index is 0. The van der Waals surface area contributed by atoms with Gasteiger partial charge in [0.1, 0.15) is 0 Å². The third-order valence-electron chi connectivity index (χ3n) is 5.02. The summed E-state index contributed by atoms with van der Waals surface area (Å²) in [6.07, 6.45) is 5.72. The van der Waals surface area contributed by atoms with Gasteiger partial charge in [0.25, 0.3) is 0 Å². The zero-order valence-corrected chi connectivity index (χ0v) is 20.8. The van der Waals surface area contributed by atoms with Gasteiger partial charge in [0.2, 0.25) is 5.91 Å². The summed E-state index contributed by atoms with van der Waals surface area (Å²) in [5.41, 5.74) is 1.27. The van der Waals surface area contributed by atoms with E-state index in [-0.39, 0.29) is 24.0 Å². The highest BCUT2D eigenvalue weighted by atomic mass is 127. The molecule has 1 aromatic rings. The normalized spacial score (nSPS) is 15.4. The molecule has 1 fully saturated rings. The summed E-state index contributed by atoms with van der Waals surface area (Å²) in [7, 11) is 2.07. The van der Waals surface area contributed by atoms with Gasteiger partial charge in [-0.25, -0.2) is 0 Å². The maximum absolute atomic E-state index is 12.0. The number of hydrogen-bond acceptors (Lipinski definition) is 3. The van der Waals surface area contributed by atoms with E-state index in [1.807, 2.05) is 0 Å². The molecule has 5 nitrogen and oxygen atoms in total. The van der Waals surface area contributed by atoms with E-state index in [0.717, 1.165) is 51.4 Å². The lowest BCUT2D eigenvalue weighted by molar-refractivity contribution is -0.129. The van der Waals surface area contributed by atoms with Crippen LogP contribution in [0.5, 0.6) is 0 Å². The van der Waals surface area contributed by atoms with Crippen LogP contribution < -0.4 is 5.32 Å². The van der Waals surface area contributed by atoms with E-state index in [4.69, 9.17) is 4.99 Å².